The summed E-state index contributed by atoms with van der Waals surface area (Å²) in [6.07, 6.45) is -8.47. The molecule has 1 saturated heterocycles. The van der Waals surface area contributed by atoms with Gasteiger partial charge in [0.15, 0.2) is 0 Å². The number of aromatic nitrogens is 1. The van der Waals surface area contributed by atoms with Gasteiger partial charge in [-0.1, -0.05) is 48.5 Å². The lowest BCUT2D eigenvalue weighted by molar-refractivity contribution is -0.376. The maximum absolute atomic E-state index is 13.1. The highest BCUT2D eigenvalue weighted by Gasteiger charge is 2.71. The first-order chi connectivity index (χ1) is 18.4. The molecule has 2 aromatic carbocycles. The van der Waals surface area contributed by atoms with Crippen LogP contribution in [0.5, 0.6) is 0 Å². The minimum atomic E-state index is -5.95. The minimum Gasteiger partial charge on any atom is -0.460 e. The molecule has 0 radical (unpaired) electrons. The molecule has 6 nitrogen and oxygen atoms in total. The number of hydrogen-bond acceptors (Lipinski definition) is 6. The molecule has 1 aliphatic heterocycles. The summed E-state index contributed by atoms with van der Waals surface area (Å²) in [4.78, 5) is 18.7. The Morgan fingerprint density at radius 3 is 2.03 bits per heavy atom. The molecular weight excluding hydrogens is 528 g/mol. The summed E-state index contributed by atoms with van der Waals surface area (Å²) in [5, 5.41) is 12.7. The Balaban J connectivity index is 1.35. The standard InChI is InChI=1S/C27H25F6N3O3/c28-26(29,30)25(38,27(31,32)33)22-7-5-21(6-8-22)20-3-1-19(2-4-20)17-39-24(37)23-16-36(14-13-35-23)15-18-9-11-34-12-10-18/h1-12,23,35,38H,13-17H2. The van der Waals surface area contributed by atoms with Crippen LogP contribution in [0.25, 0.3) is 11.1 Å². The predicted molar refractivity (Wildman–Crippen MR) is 129 cm³/mol. The van der Waals surface area contributed by atoms with E-state index in [0.717, 1.165) is 24.2 Å². The van der Waals surface area contributed by atoms with Crippen LogP contribution >= 0.6 is 0 Å². The molecule has 1 unspecified atom stereocenters. The van der Waals surface area contributed by atoms with Crippen molar-refractivity contribution in [2.75, 3.05) is 19.6 Å². The first-order valence-corrected chi connectivity index (χ1v) is 12.0. The van der Waals surface area contributed by atoms with E-state index in [-0.39, 0.29) is 6.61 Å². The molecule has 0 spiro atoms. The molecule has 4 rings (SSSR count). The minimum absolute atomic E-state index is 0.00914. The third kappa shape index (κ3) is 6.40. The molecule has 0 bridgehead atoms. The van der Waals surface area contributed by atoms with E-state index in [1.165, 1.54) is 0 Å². The molecule has 1 fully saturated rings. The lowest BCUT2D eigenvalue weighted by atomic mass is 9.90. The van der Waals surface area contributed by atoms with Crippen molar-refractivity contribution in [2.45, 2.75) is 37.1 Å². The van der Waals surface area contributed by atoms with Gasteiger partial charge in [0.05, 0.1) is 0 Å². The highest BCUT2D eigenvalue weighted by atomic mass is 19.4. The van der Waals surface area contributed by atoms with Gasteiger partial charge in [-0.05, 0) is 34.4 Å². The van der Waals surface area contributed by atoms with Crippen molar-refractivity contribution >= 4 is 5.97 Å². The first-order valence-electron chi connectivity index (χ1n) is 12.0. The number of ether oxygens (including phenoxy) is 1. The fourth-order valence-corrected chi connectivity index (χ4v) is 4.30. The normalized spacial score (nSPS) is 17.2. The van der Waals surface area contributed by atoms with Crippen molar-refractivity contribution in [3.05, 3.63) is 89.7 Å². The topological polar surface area (TPSA) is 74.7 Å². The van der Waals surface area contributed by atoms with Gasteiger partial charge < -0.3 is 15.2 Å². The predicted octanol–water partition coefficient (Wildman–Crippen LogP) is 4.58. The number of benzene rings is 2. The SMILES string of the molecule is O=C(OCc1ccc(-c2ccc(C(O)(C(F)(F)F)C(F)(F)F)cc2)cc1)C1CN(Cc2ccncc2)CCN1. The van der Waals surface area contributed by atoms with Gasteiger partial charge in [0.1, 0.15) is 12.6 Å². The maximum atomic E-state index is 13.1. The number of nitrogens with one attached hydrogen (secondary N) is 1. The van der Waals surface area contributed by atoms with Crippen molar-refractivity contribution in [1.29, 1.82) is 0 Å². The van der Waals surface area contributed by atoms with Crippen LogP contribution in [0, 0.1) is 0 Å². The smallest absolute Gasteiger partial charge is 0.430 e. The Labute approximate surface area is 220 Å². The molecule has 0 amide bonds. The van der Waals surface area contributed by atoms with Crippen molar-refractivity contribution in [3.63, 3.8) is 0 Å². The van der Waals surface area contributed by atoms with E-state index in [2.05, 4.69) is 15.2 Å². The summed E-state index contributed by atoms with van der Waals surface area (Å²) in [6.45, 7) is 2.56. The summed E-state index contributed by atoms with van der Waals surface area (Å²) in [5.74, 6) is -0.407. The second-order valence-electron chi connectivity index (χ2n) is 9.19. The van der Waals surface area contributed by atoms with Gasteiger partial charge in [-0.3, -0.25) is 14.7 Å². The van der Waals surface area contributed by atoms with Gasteiger partial charge >= 0.3 is 18.3 Å². The zero-order valence-electron chi connectivity index (χ0n) is 20.5. The van der Waals surface area contributed by atoms with Crippen molar-refractivity contribution in [1.82, 2.24) is 15.2 Å². The van der Waals surface area contributed by atoms with Crippen LogP contribution in [-0.4, -0.2) is 59.0 Å². The lowest BCUT2D eigenvalue weighted by Crippen LogP contribution is -2.54. The Morgan fingerprint density at radius 1 is 0.897 bits per heavy atom. The third-order valence-corrected chi connectivity index (χ3v) is 6.49. The molecule has 2 N–H and O–H groups in total. The Hall–Kier alpha value is -3.48. The van der Waals surface area contributed by atoms with Crippen molar-refractivity contribution in [2.24, 2.45) is 0 Å². The first kappa shape index (κ1) is 28.5. The summed E-state index contributed by atoms with van der Waals surface area (Å²) < 4.78 is 84.0. The largest absolute Gasteiger partial charge is 0.460 e. The average Bonchev–Trinajstić information content (AvgIpc) is 2.91. The molecule has 1 aromatic heterocycles. The van der Waals surface area contributed by atoms with Crippen LogP contribution in [-0.2, 0) is 28.3 Å². The van der Waals surface area contributed by atoms with Gasteiger partial charge in [0, 0.05) is 44.1 Å². The Kier molecular flexibility index (Phi) is 8.28. The highest BCUT2D eigenvalue weighted by Crippen LogP contribution is 2.50. The monoisotopic (exact) mass is 553 g/mol. The highest BCUT2D eigenvalue weighted by molar-refractivity contribution is 5.76. The van der Waals surface area contributed by atoms with Crippen molar-refractivity contribution in [3.8, 4) is 11.1 Å². The Morgan fingerprint density at radius 2 is 1.46 bits per heavy atom. The zero-order valence-corrected chi connectivity index (χ0v) is 20.5. The van der Waals surface area contributed by atoms with Gasteiger partial charge in [0.25, 0.3) is 5.60 Å². The van der Waals surface area contributed by atoms with Gasteiger partial charge in [-0.25, -0.2) is 0 Å². The number of halogens is 6. The number of pyridine rings is 1. The third-order valence-electron chi connectivity index (χ3n) is 6.49. The molecule has 12 heteroatoms. The maximum Gasteiger partial charge on any atom is 0.430 e. The van der Waals surface area contributed by atoms with Crippen LogP contribution < -0.4 is 5.32 Å². The van der Waals surface area contributed by atoms with Crippen LogP contribution in [0.2, 0.25) is 0 Å². The Bertz CT molecular complexity index is 1240. The number of rotatable bonds is 7. The van der Waals surface area contributed by atoms with E-state index < -0.39 is 35.5 Å². The summed E-state index contributed by atoms with van der Waals surface area (Å²) in [7, 11) is 0. The van der Waals surface area contributed by atoms with Crippen LogP contribution in [0.1, 0.15) is 16.7 Å². The average molecular weight is 554 g/mol. The lowest BCUT2D eigenvalue weighted by Gasteiger charge is -2.32. The van der Waals surface area contributed by atoms with E-state index in [1.54, 1.807) is 36.7 Å². The number of piperazine rings is 1. The van der Waals surface area contributed by atoms with Gasteiger partial charge in [0.2, 0.25) is 0 Å². The number of hydrogen-bond donors (Lipinski definition) is 2. The van der Waals surface area contributed by atoms with Crippen molar-refractivity contribution < 1.29 is 41.0 Å². The quantitative estimate of drug-likeness (QED) is 0.330. The zero-order chi connectivity index (χ0) is 28.3. The fraction of sp³-hybridized carbons (Fsp3) is 0.333. The summed E-state index contributed by atoms with van der Waals surface area (Å²) in [6, 6.07) is 13.2. The van der Waals surface area contributed by atoms with E-state index in [1.807, 2.05) is 12.1 Å². The van der Waals surface area contributed by atoms with E-state index in [9.17, 15) is 36.2 Å². The number of carbonyl (C=O) groups is 1. The molecule has 1 atom stereocenters. The van der Waals surface area contributed by atoms with Crippen LogP contribution in [0.3, 0.4) is 0 Å². The number of nitrogens with zero attached hydrogens (tertiary/aromatic N) is 2. The van der Waals surface area contributed by atoms with Gasteiger partial charge in [-0.15, -0.1) is 0 Å². The molecule has 0 saturated carbocycles. The molecular formula is C27H25F6N3O3. The number of carbonyl (C=O) groups excluding carboxylic acids is 1. The van der Waals surface area contributed by atoms with E-state index >= 15 is 0 Å². The van der Waals surface area contributed by atoms with E-state index in [0.29, 0.717) is 48.5 Å². The second kappa shape index (κ2) is 11.3. The van der Waals surface area contributed by atoms with Crippen LogP contribution in [0.4, 0.5) is 26.3 Å². The van der Waals surface area contributed by atoms with Gasteiger partial charge in [-0.2, -0.15) is 26.3 Å². The molecule has 2 heterocycles. The fourth-order valence-electron chi connectivity index (χ4n) is 4.30. The number of alkyl halides is 6. The molecule has 3 aromatic rings. The number of esters is 1. The molecule has 0 aliphatic carbocycles. The summed E-state index contributed by atoms with van der Waals surface area (Å²) in [5.41, 5.74) is -3.71. The molecule has 208 valence electrons. The second-order valence-corrected chi connectivity index (χ2v) is 9.19. The van der Waals surface area contributed by atoms with Crippen LogP contribution in [0.15, 0.2) is 73.1 Å². The van der Waals surface area contributed by atoms with E-state index in [4.69, 9.17) is 4.74 Å². The number of aliphatic hydroxyl groups is 1. The molecule has 1 aliphatic rings. The molecule has 39 heavy (non-hydrogen) atoms. The summed E-state index contributed by atoms with van der Waals surface area (Å²) >= 11 is 0.